The number of carbonyl (C=O) groups excluding carboxylic acids is 1. The van der Waals surface area contributed by atoms with Gasteiger partial charge in [0.1, 0.15) is 12.6 Å². The Hall–Kier alpha value is -4.21. The molecule has 0 unspecified atom stereocenters. The van der Waals surface area contributed by atoms with Gasteiger partial charge in [-0.3, -0.25) is 9.69 Å². The Morgan fingerprint density at radius 2 is 1.08 bits per heavy atom. The minimum atomic E-state index is -0.440. The summed E-state index contributed by atoms with van der Waals surface area (Å²) in [6.07, 6.45) is 0.568. The van der Waals surface area contributed by atoms with Crippen LogP contribution in [0.2, 0.25) is 0 Å². The SMILES string of the molecule is O=C(OCc1ccccc1)[C@H](Cc1ccc2ccccc2c1)N(Cc1ccccc1)Cc1ccccc1. The molecule has 5 aromatic rings. The normalized spacial score (nSPS) is 11.9. The smallest absolute Gasteiger partial charge is 0.324 e. The fourth-order valence-electron chi connectivity index (χ4n) is 4.69. The molecule has 5 rings (SSSR count). The van der Waals surface area contributed by atoms with Crippen LogP contribution in [0.25, 0.3) is 10.8 Å². The van der Waals surface area contributed by atoms with E-state index in [0.717, 1.165) is 22.3 Å². The molecule has 0 fully saturated rings. The topological polar surface area (TPSA) is 29.5 Å². The zero-order valence-corrected chi connectivity index (χ0v) is 20.9. The number of ether oxygens (including phenoxy) is 1. The van der Waals surface area contributed by atoms with Crippen LogP contribution in [0.4, 0.5) is 0 Å². The zero-order valence-electron chi connectivity index (χ0n) is 20.9. The van der Waals surface area contributed by atoms with Gasteiger partial charge in [0.05, 0.1) is 0 Å². The summed E-state index contributed by atoms with van der Waals surface area (Å²) in [6, 6.07) is 44.9. The summed E-state index contributed by atoms with van der Waals surface area (Å²) in [4.78, 5) is 16.0. The monoisotopic (exact) mass is 485 g/mol. The Morgan fingerprint density at radius 1 is 0.568 bits per heavy atom. The quantitative estimate of drug-likeness (QED) is 0.196. The van der Waals surface area contributed by atoms with Crippen molar-refractivity contribution >= 4 is 16.7 Å². The first-order chi connectivity index (χ1) is 18.2. The maximum atomic E-state index is 13.7. The molecule has 0 aliphatic carbocycles. The lowest BCUT2D eigenvalue weighted by molar-refractivity contribution is -0.152. The zero-order chi connectivity index (χ0) is 25.3. The number of nitrogens with zero attached hydrogens (tertiary/aromatic N) is 1. The first kappa shape index (κ1) is 24.5. The van der Waals surface area contributed by atoms with Gasteiger partial charge in [-0.05, 0) is 39.4 Å². The van der Waals surface area contributed by atoms with E-state index in [9.17, 15) is 4.79 Å². The molecule has 0 saturated heterocycles. The molecule has 5 aromatic carbocycles. The maximum Gasteiger partial charge on any atom is 0.324 e. The van der Waals surface area contributed by atoms with Crippen LogP contribution in [-0.2, 0) is 35.6 Å². The molecule has 3 heteroatoms. The number of hydrogen-bond acceptors (Lipinski definition) is 3. The number of hydrogen-bond donors (Lipinski definition) is 0. The van der Waals surface area contributed by atoms with E-state index in [4.69, 9.17) is 4.74 Å². The Balaban J connectivity index is 1.46. The Morgan fingerprint density at radius 3 is 1.68 bits per heavy atom. The lowest BCUT2D eigenvalue weighted by Gasteiger charge is -2.31. The summed E-state index contributed by atoms with van der Waals surface area (Å²) in [5.41, 5.74) is 4.43. The predicted octanol–water partition coefficient (Wildman–Crippen LogP) is 7.20. The molecule has 0 aromatic heterocycles. The van der Waals surface area contributed by atoms with Crippen molar-refractivity contribution in [3.05, 3.63) is 156 Å². The van der Waals surface area contributed by atoms with Crippen LogP contribution in [0.1, 0.15) is 22.3 Å². The molecular weight excluding hydrogens is 454 g/mol. The van der Waals surface area contributed by atoms with E-state index in [1.54, 1.807) is 0 Å². The molecule has 0 heterocycles. The number of rotatable bonds is 10. The van der Waals surface area contributed by atoms with Crippen LogP contribution in [0.5, 0.6) is 0 Å². The van der Waals surface area contributed by atoms with Gasteiger partial charge in [-0.1, -0.05) is 133 Å². The summed E-state index contributed by atoms with van der Waals surface area (Å²) in [5.74, 6) is -0.205. The molecule has 37 heavy (non-hydrogen) atoms. The third-order valence-electron chi connectivity index (χ3n) is 6.64. The number of carbonyl (C=O) groups is 1. The van der Waals surface area contributed by atoms with Crippen molar-refractivity contribution in [2.24, 2.45) is 0 Å². The molecule has 0 saturated carbocycles. The second kappa shape index (κ2) is 12.2. The van der Waals surface area contributed by atoms with Gasteiger partial charge in [0.2, 0.25) is 0 Å². The third-order valence-corrected chi connectivity index (χ3v) is 6.64. The van der Waals surface area contributed by atoms with Crippen molar-refractivity contribution in [1.29, 1.82) is 0 Å². The van der Waals surface area contributed by atoms with Gasteiger partial charge in [0, 0.05) is 13.1 Å². The fraction of sp³-hybridized carbons (Fsp3) is 0.147. The van der Waals surface area contributed by atoms with Crippen molar-refractivity contribution < 1.29 is 9.53 Å². The van der Waals surface area contributed by atoms with Crippen molar-refractivity contribution in [2.75, 3.05) is 0 Å². The highest BCUT2D eigenvalue weighted by Gasteiger charge is 2.28. The molecule has 0 aliphatic rings. The van der Waals surface area contributed by atoms with E-state index in [1.165, 1.54) is 10.8 Å². The molecule has 1 atom stereocenters. The molecule has 0 spiro atoms. The highest BCUT2D eigenvalue weighted by molar-refractivity contribution is 5.83. The summed E-state index contributed by atoms with van der Waals surface area (Å²) < 4.78 is 5.93. The van der Waals surface area contributed by atoms with Gasteiger partial charge < -0.3 is 4.74 Å². The molecule has 0 aliphatic heterocycles. The minimum Gasteiger partial charge on any atom is -0.460 e. The Bertz CT molecular complexity index is 1380. The van der Waals surface area contributed by atoms with E-state index in [2.05, 4.69) is 65.6 Å². The Labute approximate surface area is 219 Å². The van der Waals surface area contributed by atoms with Crippen LogP contribution in [0, 0.1) is 0 Å². The summed E-state index contributed by atoms with van der Waals surface area (Å²) >= 11 is 0. The van der Waals surface area contributed by atoms with E-state index in [1.807, 2.05) is 72.8 Å². The largest absolute Gasteiger partial charge is 0.460 e. The molecule has 0 N–H and O–H groups in total. The number of fused-ring (bicyclic) bond motifs is 1. The average molecular weight is 486 g/mol. The van der Waals surface area contributed by atoms with E-state index < -0.39 is 6.04 Å². The molecular formula is C34H31NO2. The summed E-state index contributed by atoms with van der Waals surface area (Å²) in [6.45, 7) is 1.56. The van der Waals surface area contributed by atoms with Crippen molar-refractivity contribution in [1.82, 2.24) is 4.90 Å². The van der Waals surface area contributed by atoms with Crippen LogP contribution in [0.15, 0.2) is 133 Å². The second-order valence-corrected chi connectivity index (χ2v) is 9.37. The van der Waals surface area contributed by atoms with Gasteiger partial charge in [-0.25, -0.2) is 0 Å². The Kier molecular flexibility index (Phi) is 8.04. The number of esters is 1. The van der Waals surface area contributed by atoms with Gasteiger partial charge in [-0.15, -0.1) is 0 Å². The van der Waals surface area contributed by atoms with Gasteiger partial charge in [0.15, 0.2) is 0 Å². The average Bonchev–Trinajstić information content (AvgIpc) is 2.96. The maximum absolute atomic E-state index is 13.7. The predicted molar refractivity (Wildman–Crippen MR) is 150 cm³/mol. The van der Waals surface area contributed by atoms with Crippen molar-refractivity contribution in [3.63, 3.8) is 0 Å². The third kappa shape index (κ3) is 6.72. The molecule has 0 amide bonds. The lowest BCUT2D eigenvalue weighted by atomic mass is 9.99. The van der Waals surface area contributed by atoms with Gasteiger partial charge >= 0.3 is 5.97 Å². The van der Waals surface area contributed by atoms with Crippen LogP contribution < -0.4 is 0 Å². The lowest BCUT2D eigenvalue weighted by Crippen LogP contribution is -2.43. The van der Waals surface area contributed by atoms with Crippen LogP contribution >= 0.6 is 0 Å². The first-order valence-corrected chi connectivity index (χ1v) is 12.7. The molecule has 0 radical (unpaired) electrons. The first-order valence-electron chi connectivity index (χ1n) is 12.7. The van der Waals surface area contributed by atoms with Crippen LogP contribution in [-0.4, -0.2) is 16.9 Å². The standard InChI is InChI=1S/C34H31NO2/c36-34(37-26-29-16-8-3-9-17-29)33(23-30-20-21-31-18-10-11-19-32(31)22-30)35(24-27-12-4-1-5-13-27)25-28-14-6-2-7-15-28/h1-22,33H,23-26H2/t33-/m0/s1. The van der Waals surface area contributed by atoms with E-state index in [0.29, 0.717) is 19.5 Å². The van der Waals surface area contributed by atoms with Crippen LogP contribution in [0.3, 0.4) is 0 Å². The molecule has 3 nitrogen and oxygen atoms in total. The fourth-order valence-corrected chi connectivity index (χ4v) is 4.69. The van der Waals surface area contributed by atoms with Crippen molar-refractivity contribution in [3.8, 4) is 0 Å². The number of benzene rings is 5. The van der Waals surface area contributed by atoms with E-state index in [-0.39, 0.29) is 12.6 Å². The van der Waals surface area contributed by atoms with Gasteiger partial charge in [0.25, 0.3) is 0 Å². The summed E-state index contributed by atoms with van der Waals surface area (Å²) in [5, 5.41) is 2.37. The highest BCUT2D eigenvalue weighted by Crippen LogP contribution is 2.22. The van der Waals surface area contributed by atoms with Crippen molar-refractivity contribution in [2.45, 2.75) is 32.2 Å². The van der Waals surface area contributed by atoms with Gasteiger partial charge in [-0.2, -0.15) is 0 Å². The molecule has 184 valence electrons. The second-order valence-electron chi connectivity index (χ2n) is 9.37. The minimum absolute atomic E-state index is 0.205. The highest BCUT2D eigenvalue weighted by atomic mass is 16.5. The molecule has 0 bridgehead atoms. The summed E-state index contributed by atoms with van der Waals surface area (Å²) in [7, 11) is 0. The van der Waals surface area contributed by atoms with E-state index >= 15 is 0 Å².